The minimum absolute atomic E-state index is 0. The van der Waals surface area contributed by atoms with Crippen molar-refractivity contribution < 1.29 is 43.2 Å². The fourth-order valence-corrected chi connectivity index (χ4v) is 5.50. The molecule has 0 amide bonds. The first-order valence-electron chi connectivity index (χ1n) is 15.9. The van der Waals surface area contributed by atoms with Crippen LogP contribution in [0.15, 0.2) is 66.6 Å². The van der Waals surface area contributed by atoms with E-state index in [0.717, 1.165) is 69.6 Å². The third kappa shape index (κ3) is 9.29. The molecule has 0 spiro atoms. The second-order valence-electron chi connectivity index (χ2n) is 12.6. The number of ketones is 1. The van der Waals surface area contributed by atoms with Crippen LogP contribution in [0.4, 0.5) is 13.2 Å². The number of nitrogens with zero attached hydrogens (tertiary/aromatic N) is 1. The number of carbonyl (C=O) groups excluding carboxylic acids is 1. The number of carbonyl (C=O) groups is 1. The molecular formula is C39H47F3IrNO2-. The van der Waals surface area contributed by atoms with Gasteiger partial charge in [-0.3, -0.25) is 4.79 Å². The Hall–Kier alpha value is -3.02. The molecule has 0 aliphatic rings. The van der Waals surface area contributed by atoms with E-state index >= 15 is 0 Å². The number of pyridine rings is 1. The van der Waals surface area contributed by atoms with Crippen LogP contribution in [0.25, 0.3) is 32.8 Å². The van der Waals surface area contributed by atoms with Gasteiger partial charge in [-0.05, 0) is 71.0 Å². The molecule has 1 heterocycles. The summed E-state index contributed by atoms with van der Waals surface area (Å²) in [6.45, 7) is 16.1. The van der Waals surface area contributed by atoms with Crippen LogP contribution in [0.5, 0.6) is 0 Å². The van der Waals surface area contributed by atoms with Gasteiger partial charge in [0, 0.05) is 49.6 Å². The molecule has 0 bridgehead atoms. The molecule has 0 aliphatic heterocycles. The Bertz CT molecular complexity index is 1650. The van der Waals surface area contributed by atoms with Gasteiger partial charge >= 0.3 is 6.18 Å². The first-order valence-corrected chi connectivity index (χ1v) is 15.9. The quantitative estimate of drug-likeness (QED) is 0.0751. The van der Waals surface area contributed by atoms with Crippen LogP contribution in [-0.2, 0) is 31.3 Å². The Morgan fingerprint density at radius 2 is 1.43 bits per heavy atom. The van der Waals surface area contributed by atoms with Crippen molar-refractivity contribution in [2.45, 2.75) is 100 Å². The van der Waals surface area contributed by atoms with Gasteiger partial charge in [0.15, 0.2) is 5.78 Å². The number of benzene rings is 3. The number of aliphatic hydroxyl groups is 1. The molecular weight excluding hydrogens is 764 g/mol. The molecule has 0 aliphatic carbocycles. The van der Waals surface area contributed by atoms with Crippen molar-refractivity contribution in [1.29, 1.82) is 0 Å². The summed E-state index contributed by atoms with van der Waals surface area (Å²) in [5, 5.41) is 13.9. The molecule has 4 aromatic rings. The van der Waals surface area contributed by atoms with Crippen LogP contribution in [0.3, 0.4) is 0 Å². The number of alkyl halides is 3. The van der Waals surface area contributed by atoms with E-state index in [0.29, 0.717) is 5.56 Å². The van der Waals surface area contributed by atoms with E-state index in [1.54, 1.807) is 12.3 Å². The zero-order valence-electron chi connectivity index (χ0n) is 28.3. The number of hydrogen-bond acceptors (Lipinski definition) is 3. The molecule has 251 valence electrons. The summed E-state index contributed by atoms with van der Waals surface area (Å²) in [5.41, 5.74) is 4.06. The van der Waals surface area contributed by atoms with Crippen LogP contribution in [-0.4, -0.2) is 22.1 Å². The number of halogens is 3. The van der Waals surface area contributed by atoms with Crippen molar-refractivity contribution in [1.82, 2.24) is 4.98 Å². The Morgan fingerprint density at radius 3 is 2.00 bits per heavy atom. The zero-order valence-corrected chi connectivity index (χ0v) is 30.7. The molecule has 46 heavy (non-hydrogen) atoms. The maximum Gasteiger partial charge on any atom is 0.389 e. The number of aliphatic hydroxyl groups excluding tert-OH is 1. The maximum atomic E-state index is 12.7. The molecule has 1 radical (unpaired) electrons. The van der Waals surface area contributed by atoms with Crippen LogP contribution >= 0.6 is 0 Å². The van der Waals surface area contributed by atoms with Crippen molar-refractivity contribution in [2.24, 2.45) is 10.8 Å². The van der Waals surface area contributed by atoms with Crippen molar-refractivity contribution in [3.63, 3.8) is 0 Å². The smallest absolute Gasteiger partial charge is 0.389 e. The Labute approximate surface area is 286 Å². The predicted octanol–water partition coefficient (Wildman–Crippen LogP) is 11.6. The van der Waals surface area contributed by atoms with Crippen molar-refractivity contribution in [3.8, 4) is 11.3 Å². The van der Waals surface area contributed by atoms with E-state index in [4.69, 9.17) is 0 Å². The number of rotatable bonds is 10. The maximum absolute atomic E-state index is 12.7. The number of aromatic nitrogens is 1. The molecule has 0 fully saturated rings. The van der Waals surface area contributed by atoms with Gasteiger partial charge in [0.25, 0.3) is 0 Å². The van der Waals surface area contributed by atoms with Crippen LogP contribution in [0.2, 0.25) is 0 Å². The molecule has 0 saturated heterocycles. The van der Waals surface area contributed by atoms with E-state index in [1.165, 1.54) is 6.08 Å². The standard InChI is InChI=1S/C24H19F3N.C15H28O2.Ir/c1-15-12-16(2)14-18(13-15)23-22-7-6-19-17(8-10-24(25,26)27)4-3-5-20(19)21(22)9-11-28-23;1-7-14(5,8-2)12(16)11-13(17)15(6,9-3)10-4;/h3-7,9,11-13H,8,10H2,1-2H3;11,16H,7-10H2,1-6H3;/q-1;;/b;12-11-;. The monoisotopic (exact) mass is 811 g/mol. The van der Waals surface area contributed by atoms with Crippen LogP contribution in [0, 0.1) is 30.7 Å². The van der Waals surface area contributed by atoms with Crippen molar-refractivity contribution in [3.05, 3.63) is 89.3 Å². The van der Waals surface area contributed by atoms with Gasteiger partial charge in [0.2, 0.25) is 0 Å². The summed E-state index contributed by atoms with van der Waals surface area (Å²) in [6, 6.07) is 18.9. The summed E-state index contributed by atoms with van der Waals surface area (Å²) in [6.07, 6.45) is 1.52. The van der Waals surface area contributed by atoms with E-state index < -0.39 is 12.6 Å². The summed E-state index contributed by atoms with van der Waals surface area (Å²) in [7, 11) is 0. The van der Waals surface area contributed by atoms with Crippen molar-refractivity contribution in [2.75, 3.05) is 0 Å². The van der Waals surface area contributed by atoms with Gasteiger partial charge < -0.3 is 10.1 Å². The molecule has 4 rings (SSSR count). The fraction of sp³-hybridized carbons (Fsp3) is 0.436. The fourth-order valence-electron chi connectivity index (χ4n) is 5.50. The average Bonchev–Trinajstić information content (AvgIpc) is 3.01. The Morgan fingerprint density at radius 1 is 0.848 bits per heavy atom. The topological polar surface area (TPSA) is 50.2 Å². The first kappa shape index (κ1) is 39.2. The van der Waals surface area contributed by atoms with E-state index in [9.17, 15) is 23.1 Å². The molecule has 1 N–H and O–H groups in total. The van der Waals surface area contributed by atoms with E-state index in [-0.39, 0.29) is 48.9 Å². The van der Waals surface area contributed by atoms with Gasteiger partial charge in [0.05, 0.1) is 0 Å². The molecule has 7 heteroatoms. The third-order valence-corrected chi connectivity index (χ3v) is 9.58. The summed E-state index contributed by atoms with van der Waals surface area (Å²) >= 11 is 0. The average molecular weight is 811 g/mol. The zero-order chi connectivity index (χ0) is 33.6. The van der Waals surface area contributed by atoms with Gasteiger partial charge in [-0.25, -0.2) is 0 Å². The second kappa shape index (κ2) is 16.2. The summed E-state index contributed by atoms with van der Waals surface area (Å²) in [4.78, 5) is 16.8. The second-order valence-corrected chi connectivity index (χ2v) is 12.6. The van der Waals surface area contributed by atoms with Crippen molar-refractivity contribution >= 4 is 27.3 Å². The minimum Gasteiger partial charge on any atom is -0.512 e. The number of aryl methyl sites for hydroxylation is 3. The Kier molecular flexibility index (Phi) is 13.8. The van der Waals surface area contributed by atoms with Crippen LogP contribution in [0.1, 0.15) is 90.3 Å². The predicted molar refractivity (Wildman–Crippen MR) is 180 cm³/mol. The molecule has 0 atom stereocenters. The van der Waals surface area contributed by atoms with E-state index in [1.807, 2.05) is 85.7 Å². The van der Waals surface area contributed by atoms with Gasteiger partial charge in [0.1, 0.15) is 5.76 Å². The molecule has 0 unspecified atom stereocenters. The van der Waals surface area contributed by atoms with Crippen LogP contribution < -0.4 is 0 Å². The van der Waals surface area contributed by atoms with Gasteiger partial charge in [-0.2, -0.15) is 13.2 Å². The number of allylic oxidation sites excluding steroid dienone is 2. The van der Waals surface area contributed by atoms with E-state index in [2.05, 4.69) is 23.2 Å². The number of hydrogen-bond donors (Lipinski definition) is 1. The minimum atomic E-state index is -4.16. The van der Waals surface area contributed by atoms with Gasteiger partial charge in [-0.15, -0.1) is 34.9 Å². The molecule has 3 aromatic carbocycles. The summed E-state index contributed by atoms with van der Waals surface area (Å²) < 4.78 is 38.1. The Balaban J connectivity index is 0.000000356. The normalized spacial score (nSPS) is 12.5. The largest absolute Gasteiger partial charge is 0.512 e. The first-order chi connectivity index (χ1) is 21.1. The van der Waals surface area contributed by atoms with Gasteiger partial charge in [-0.1, -0.05) is 85.7 Å². The molecule has 3 nitrogen and oxygen atoms in total. The third-order valence-electron chi connectivity index (χ3n) is 9.58. The summed E-state index contributed by atoms with van der Waals surface area (Å²) in [5.74, 6) is 0.286. The molecule has 0 saturated carbocycles. The number of fused-ring (bicyclic) bond motifs is 3. The SMILES string of the molecule is CCC(C)(CC)C(=O)/C=C(\O)C(C)(CC)CC.Cc1[c-]c(-c2nccc3c2ccc2c(CCC(F)(F)F)cccc23)cc(C)c1.[Ir]. The molecule has 1 aromatic heterocycles.